The first-order valence-corrected chi connectivity index (χ1v) is 12.0. The maximum atomic E-state index is 12.3. The Morgan fingerprint density at radius 3 is 2.16 bits per heavy atom. The molecule has 1 aliphatic rings. The van der Waals surface area contributed by atoms with Crippen LogP contribution in [-0.4, -0.2) is 19.2 Å². The molecule has 2 atom stereocenters. The summed E-state index contributed by atoms with van der Waals surface area (Å²) in [4.78, 5) is 12.3. The van der Waals surface area contributed by atoms with Gasteiger partial charge in [-0.3, -0.25) is 0 Å². The normalized spacial score (nSPS) is 18.0. The molecular weight excluding hydrogens is 400 g/mol. The predicted octanol–water partition coefficient (Wildman–Crippen LogP) is 7.24. The van der Waals surface area contributed by atoms with E-state index in [9.17, 15) is 4.79 Å². The first-order chi connectivity index (χ1) is 15.7. The van der Waals surface area contributed by atoms with Crippen LogP contribution in [0, 0.1) is 11.8 Å². The van der Waals surface area contributed by atoms with E-state index in [1.165, 1.54) is 44.9 Å². The van der Waals surface area contributed by atoms with Crippen molar-refractivity contribution in [3.8, 4) is 17.2 Å². The summed E-state index contributed by atoms with van der Waals surface area (Å²) in [5.74, 6) is 3.38. The molecule has 1 aliphatic carbocycles. The lowest BCUT2D eigenvalue weighted by Crippen LogP contribution is -2.20. The number of hydrogen-bond acceptors (Lipinski definition) is 4. The number of carbonyl (C=O) groups excluding carboxylic acids is 1. The minimum absolute atomic E-state index is 0.400. The molecule has 0 N–H and O–H groups in total. The minimum Gasteiger partial charge on any atom is -0.494 e. The summed E-state index contributed by atoms with van der Waals surface area (Å²) in [6, 6.07) is 14.1. The van der Waals surface area contributed by atoms with E-state index in [1.807, 2.05) is 12.1 Å². The molecule has 0 bridgehead atoms. The van der Waals surface area contributed by atoms with Crippen LogP contribution in [0.25, 0.3) is 0 Å². The number of ether oxygens (including phenoxy) is 3. The van der Waals surface area contributed by atoms with E-state index >= 15 is 0 Å². The van der Waals surface area contributed by atoms with Gasteiger partial charge in [0.1, 0.15) is 23.9 Å². The zero-order valence-electron chi connectivity index (χ0n) is 19.3. The molecule has 0 amide bonds. The molecule has 1 fully saturated rings. The summed E-state index contributed by atoms with van der Waals surface area (Å²) in [5.41, 5.74) is 0.473. The van der Waals surface area contributed by atoms with E-state index in [1.54, 1.807) is 42.5 Å². The van der Waals surface area contributed by atoms with Gasteiger partial charge in [0.15, 0.2) is 0 Å². The molecule has 0 heterocycles. The number of benzene rings is 2. The Morgan fingerprint density at radius 1 is 0.906 bits per heavy atom. The minimum atomic E-state index is -0.400. The van der Waals surface area contributed by atoms with E-state index in [4.69, 9.17) is 14.2 Å². The SMILES string of the molecule is C=CCOc1ccc(C(=O)Oc2ccc(OCCCC3CCCCC3CCC)cc2)cc1. The molecule has 4 nitrogen and oxygen atoms in total. The summed E-state index contributed by atoms with van der Waals surface area (Å²) in [5, 5.41) is 0. The van der Waals surface area contributed by atoms with Crippen molar-refractivity contribution < 1.29 is 19.0 Å². The van der Waals surface area contributed by atoms with Crippen LogP contribution >= 0.6 is 0 Å². The smallest absolute Gasteiger partial charge is 0.343 e. The molecule has 0 spiro atoms. The van der Waals surface area contributed by atoms with Gasteiger partial charge in [0.2, 0.25) is 0 Å². The Balaban J connectivity index is 1.40. The van der Waals surface area contributed by atoms with Gasteiger partial charge in [-0.1, -0.05) is 58.1 Å². The Hall–Kier alpha value is -2.75. The second-order valence-electron chi connectivity index (χ2n) is 8.57. The van der Waals surface area contributed by atoms with E-state index in [2.05, 4.69) is 13.5 Å². The fraction of sp³-hybridized carbons (Fsp3) is 0.464. The van der Waals surface area contributed by atoms with Crippen molar-refractivity contribution in [2.75, 3.05) is 13.2 Å². The predicted molar refractivity (Wildman–Crippen MR) is 129 cm³/mol. The Morgan fingerprint density at radius 2 is 1.50 bits per heavy atom. The van der Waals surface area contributed by atoms with Crippen LogP contribution in [-0.2, 0) is 0 Å². The molecular formula is C28H36O4. The van der Waals surface area contributed by atoms with Crippen LogP contribution in [0.4, 0.5) is 0 Å². The largest absolute Gasteiger partial charge is 0.494 e. The van der Waals surface area contributed by atoms with Crippen LogP contribution in [0.5, 0.6) is 17.2 Å². The third-order valence-electron chi connectivity index (χ3n) is 6.21. The van der Waals surface area contributed by atoms with Gasteiger partial charge in [-0.2, -0.15) is 0 Å². The highest BCUT2D eigenvalue weighted by Gasteiger charge is 2.23. The van der Waals surface area contributed by atoms with Gasteiger partial charge in [0.05, 0.1) is 12.2 Å². The second kappa shape index (κ2) is 12.9. The maximum Gasteiger partial charge on any atom is 0.343 e. The first-order valence-electron chi connectivity index (χ1n) is 12.0. The van der Waals surface area contributed by atoms with Crippen molar-refractivity contribution in [1.29, 1.82) is 0 Å². The zero-order valence-corrected chi connectivity index (χ0v) is 19.3. The zero-order chi connectivity index (χ0) is 22.6. The summed E-state index contributed by atoms with van der Waals surface area (Å²) in [6.45, 7) is 7.07. The Bertz CT molecular complexity index is 824. The van der Waals surface area contributed by atoms with Crippen molar-refractivity contribution in [2.45, 2.75) is 58.3 Å². The lowest BCUT2D eigenvalue weighted by atomic mass is 9.75. The van der Waals surface area contributed by atoms with Gasteiger partial charge in [0, 0.05) is 0 Å². The first kappa shape index (κ1) is 23.9. The van der Waals surface area contributed by atoms with Crippen molar-refractivity contribution in [1.82, 2.24) is 0 Å². The van der Waals surface area contributed by atoms with Crippen molar-refractivity contribution in [3.05, 3.63) is 66.7 Å². The number of carbonyl (C=O) groups is 1. The number of rotatable bonds is 12. The van der Waals surface area contributed by atoms with Gasteiger partial charge in [-0.05, 0) is 73.2 Å². The molecule has 2 unspecified atom stereocenters. The fourth-order valence-electron chi connectivity index (χ4n) is 4.56. The van der Waals surface area contributed by atoms with Crippen molar-refractivity contribution in [3.63, 3.8) is 0 Å². The van der Waals surface area contributed by atoms with Crippen LogP contribution in [0.3, 0.4) is 0 Å². The maximum absolute atomic E-state index is 12.3. The summed E-state index contributed by atoms with van der Waals surface area (Å²) in [6.07, 6.45) is 12.3. The molecule has 0 saturated heterocycles. The fourth-order valence-corrected chi connectivity index (χ4v) is 4.56. The lowest BCUT2D eigenvalue weighted by Gasteiger charge is -2.31. The molecule has 0 aromatic heterocycles. The molecule has 32 heavy (non-hydrogen) atoms. The van der Waals surface area contributed by atoms with E-state index < -0.39 is 5.97 Å². The van der Waals surface area contributed by atoms with Gasteiger partial charge in [0.25, 0.3) is 0 Å². The van der Waals surface area contributed by atoms with Crippen molar-refractivity contribution in [2.24, 2.45) is 11.8 Å². The third-order valence-corrected chi connectivity index (χ3v) is 6.21. The molecule has 2 aromatic carbocycles. The monoisotopic (exact) mass is 436 g/mol. The van der Waals surface area contributed by atoms with E-state index in [-0.39, 0.29) is 0 Å². The average Bonchev–Trinajstić information content (AvgIpc) is 2.83. The highest BCUT2D eigenvalue weighted by atomic mass is 16.5. The topological polar surface area (TPSA) is 44.8 Å². The third kappa shape index (κ3) is 7.44. The second-order valence-corrected chi connectivity index (χ2v) is 8.57. The van der Waals surface area contributed by atoms with Crippen LogP contribution in [0.15, 0.2) is 61.2 Å². The van der Waals surface area contributed by atoms with E-state index in [0.29, 0.717) is 23.7 Å². The molecule has 3 rings (SSSR count). The highest BCUT2D eigenvalue weighted by Crippen LogP contribution is 2.36. The van der Waals surface area contributed by atoms with Gasteiger partial charge < -0.3 is 14.2 Å². The van der Waals surface area contributed by atoms with Crippen LogP contribution in [0.2, 0.25) is 0 Å². The molecule has 4 heteroatoms. The average molecular weight is 437 g/mol. The summed E-state index contributed by atoms with van der Waals surface area (Å²) in [7, 11) is 0. The summed E-state index contributed by atoms with van der Waals surface area (Å²) >= 11 is 0. The van der Waals surface area contributed by atoms with Crippen LogP contribution in [0.1, 0.15) is 68.6 Å². The quantitative estimate of drug-likeness (QED) is 0.152. The molecule has 2 aromatic rings. The highest BCUT2D eigenvalue weighted by molar-refractivity contribution is 5.91. The molecule has 1 saturated carbocycles. The lowest BCUT2D eigenvalue weighted by molar-refractivity contribution is 0.0734. The van der Waals surface area contributed by atoms with E-state index in [0.717, 1.165) is 30.6 Å². The molecule has 172 valence electrons. The van der Waals surface area contributed by atoms with Gasteiger partial charge >= 0.3 is 5.97 Å². The van der Waals surface area contributed by atoms with Gasteiger partial charge in [-0.25, -0.2) is 4.79 Å². The van der Waals surface area contributed by atoms with Crippen molar-refractivity contribution >= 4 is 5.97 Å². The summed E-state index contributed by atoms with van der Waals surface area (Å²) < 4.78 is 16.8. The Labute approximate surface area is 192 Å². The number of esters is 1. The standard InChI is InChI=1S/C28H36O4/c1-3-8-22-9-5-6-10-23(22)11-7-21-31-26-16-18-27(19-17-26)32-28(29)24-12-14-25(15-13-24)30-20-4-2/h4,12-19,22-23H,2-3,5-11,20-21H2,1H3. The van der Waals surface area contributed by atoms with Gasteiger partial charge in [-0.15, -0.1) is 0 Å². The number of hydrogen-bond donors (Lipinski definition) is 0. The molecule has 0 aliphatic heterocycles. The molecule has 0 radical (unpaired) electrons. The van der Waals surface area contributed by atoms with Crippen LogP contribution < -0.4 is 14.2 Å². The Kier molecular flexibility index (Phi) is 9.67.